The number of hydrogen-bond donors (Lipinski definition) is 0. The van der Waals surface area contributed by atoms with Crippen LogP contribution in [0, 0.1) is 5.41 Å². The lowest BCUT2D eigenvalue weighted by Crippen LogP contribution is -2.19. The van der Waals surface area contributed by atoms with Crippen molar-refractivity contribution >= 4 is 22.6 Å². The van der Waals surface area contributed by atoms with E-state index in [1.807, 2.05) is 0 Å². The second-order valence-electron chi connectivity index (χ2n) is 6.10. The smallest absolute Gasteiger partial charge is 0.0158 e. The summed E-state index contributed by atoms with van der Waals surface area (Å²) in [5.41, 5.74) is 0.488. The van der Waals surface area contributed by atoms with Gasteiger partial charge in [0.05, 0.1) is 0 Å². The zero-order valence-corrected chi connectivity index (χ0v) is 14.0. The van der Waals surface area contributed by atoms with Crippen molar-refractivity contribution in [3.8, 4) is 0 Å². The SMILES string of the molecule is CCCCCCCCCCC(I)C(C)(C)C. The summed E-state index contributed by atoms with van der Waals surface area (Å²) in [7, 11) is 0. The van der Waals surface area contributed by atoms with E-state index in [4.69, 9.17) is 0 Å². The fourth-order valence-electron chi connectivity index (χ4n) is 1.89. The summed E-state index contributed by atoms with van der Waals surface area (Å²) in [6, 6.07) is 0. The summed E-state index contributed by atoms with van der Waals surface area (Å²) >= 11 is 2.63. The number of unbranched alkanes of at least 4 members (excludes halogenated alkanes) is 7. The highest BCUT2D eigenvalue weighted by Gasteiger charge is 2.20. The number of alkyl halides is 1. The molecule has 0 fully saturated rings. The maximum absolute atomic E-state index is 2.63. The summed E-state index contributed by atoms with van der Waals surface area (Å²) in [6.45, 7) is 9.35. The zero-order chi connectivity index (χ0) is 12.4. The third kappa shape index (κ3) is 9.92. The molecule has 0 nitrogen and oxygen atoms in total. The van der Waals surface area contributed by atoms with Crippen molar-refractivity contribution in [2.45, 2.75) is 89.4 Å². The first-order chi connectivity index (χ1) is 7.48. The van der Waals surface area contributed by atoms with Crippen molar-refractivity contribution in [1.29, 1.82) is 0 Å². The van der Waals surface area contributed by atoms with Crippen molar-refractivity contribution in [1.82, 2.24) is 0 Å². The van der Waals surface area contributed by atoms with Gasteiger partial charge in [0.15, 0.2) is 0 Å². The van der Waals surface area contributed by atoms with Gasteiger partial charge in [-0.3, -0.25) is 0 Å². The molecule has 0 saturated heterocycles. The van der Waals surface area contributed by atoms with E-state index in [1.165, 1.54) is 57.8 Å². The lowest BCUT2D eigenvalue weighted by Gasteiger charge is -2.25. The van der Waals surface area contributed by atoms with Crippen LogP contribution in [0.4, 0.5) is 0 Å². The molecule has 0 aromatic carbocycles. The minimum absolute atomic E-state index is 0.488. The Morgan fingerprint density at radius 2 is 1.25 bits per heavy atom. The van der Waals surface area contributed by atoms with E-state index in [9.17, 15) is 0 Å². The van der Waals surface area contributed by atoms with Gasteiger partial charge in [-0.1, -0.05) is 102 Å². The molecule has 1 heteroatoms. The molecular weight excluding hydrogens is 307 g/mol. The predicted molar refractivity (Wildman–Crippen MR) is 84.5 cm³/mol. The van der Waals surface area contributed by atoms with E-state index in [0.717, 1.165) is 3.92 Å². The number of hydrogen-bond acceptors (Lipinski definition) is 0. The summed E-state index contributed by atoms with van der Waals surface area (Å²) in [5.74, 6) is 0. The third-order valence-corrected chi connectivity index (χ3v) is 5.74. The van der Waals surface area contributed by atoms with Crippen molar-refractivity contribution < 1.29 is 0 Å². The molecule has 0 aromatic rings. The molecule has 0 spiro atoms. The van der Waals surface area contributed by atoms with Crippen molar-refractivity contribution in [2.75, 3.05) is 0 Å². The molecule has 98 valence electrons. The molecule has 0 aliphatic rings. The highest BCUT2D eigenvalue weighted by Crippen LogP contribution is 2.30. The van der Waals surface area contributed by atoms with Gasteiger partial charge in [-0.15, -0.1) is 0 Å². The first-order valence-corrected chi connectivity index (χ1v) is 8.37. The molecule has 16 heavy (non-hydrogen) atoms. The molecule has 0 rings (SSSR count). The van der Waals surface area contributed by atoms with E-state index in [-0.39, 0.29) is 0 Å². The quantitative estimate of drug-likeness (QED) is 0.260. The van der Waals surface area contributed by atoms with Gasteiger partial charge in [0.25, 0.3) is 0 Å². The van der Waals surface area contributed by atoms with E-state index < -0.39 is 0 Å². The van der Waals surface area contributed by atoms with Crippen LogP contribution in [0.5, 0.6) is 0 Å². The van der Waals surface area contributed by atoms with Crippen LogP contribution >= 0.6 is 22.6 Å². The highest BCUT2D eigenvalue weighted by atomic mass is 127. The fourth-order valence-corrected chi connectivity index (χ4v) is 2.33. The Morgan fingerprint density at radius 1 is 0.812 bits per heavy atom. The van der Waals surface area contributed by atoms with Gasteiger partial charge in [0.1, 0.15) is 0 Å². The van der Waals surface area contributed by atoms with Gasteiger partial charge in [-0.05, 0) is 11.8 Å². The molecule has 0 radical (unpaired) electrons. The van der Waals surface area contributed by atoms with Gasteiger partial charge in [0.2, 0.25) is 0 Å². The molecule has 0 saturated carbocycles. The second kappa shape index (κ2) is 9.73. The largest absolute Gasteiger partial charge is 0.0820 e. The summed E-state index contributed by atoms with van der Waals surface area (Å²) < 4.78 is 0.838. The van der Waals surface area contributed by atoms with Gasteiger partial charge in [-0.25, -0.2) is 0 Å². The average molecular weight is 338 g/mol. The van der Waals surface area contributed by atoms with E-state index in [0.29, 0.717) is 5.41 Å². The molecule has 0 bridgehead atoms. The lowest BCUT2D eigenvalue weighted by molar-refractivity contribution is 0.383. The Hall–Kier alpha value is 0.730. The van der Waals surface area contributed by atoms with Crippen LogP contribution in [0.3, 0.4) is 0 Å². The number of rotatable bonds is 9. The molecule has 1 atom stereocenters. The van der Waals surface area contributed by atoms with E-state index >= 15 is 0 Å². The Labute approximate surface area is 117 Å². The number of halogens is 1. The molecule has 1 unspecified atom stereocenters. The van der Waals surface area contributed by atoms with E-state index in [1.54, 1.807) is 0 Å². The minimum atomic E-state index is 0.488. The van der Waals surface area contributed by atoms with Crippen molar-refractivity contribution in [2.24, 2.45) is 5.41 Å². The average Bonchev–Trinajstić information content (AvgIpc) is 2.20. The van der Waals surface area contributed by atoms with E-state index in [2.05, 4.69) is 50.3 Å². The lowest BCUT2D eigenvalue weighted by atomic mass is 9.89. The Balaban J connectivity index is 3.21. The van der Waals surface area contributed by atoms with Gasteiger partial charge in [-0.2, -0.15) is 0 Å². The first kappa shape index (κ1) is 16.7. The molecule has 0 aromatic heterocycles. The Morgan fingerprint density at radius 3 is 1.69 bits per heavy atom. The highest BCUT2D eigenvalue weighted by molar-refractivity contribution is 14.1. The standard InChI is InChI=1S/C15H31I/c1-5-6-7-8-9-10-11-12-13-14(16)15(2,3)4/h14H,5-13H2,1-4H3. The summed E-state index contributed by atoms with van der Waals surface area (Å²) in [6.07, 6.45) is 12.9. The fraction of sp³-hybridized carbons (Fsp3) is 1.00. The van der Waals surface area contributed by atoms with Crippen LogP contribution in [0.2, 0.25) is 0 Å². The molecule has 0 amide bonds. The molecule has 0 heterocycles. The minimum Gasteiger partial charge on any atom is -0.0820 e. The molecule has 0 aliphatic heterocycles. The van der Waals surface area contributed by atoms with Gasteiger partial charge < -0.3 is 0 Å². The van der Waals surface area contributed by atoms with Crippen molar-refractivity contribution in [3.63, 3.8) is 0 Å². The summed E-state index contributed by atoms with van der Waals surface area (Å²) in [4.78, 5) is 0. The van der Waals surface area contributed by atoms with Crippen molar-refractivity contribution in [3.05, 3.63) is 0 Å². The van der Waals surface area contributed by atoms with Crippen LogP contribution in [0.15, 0.2) is 0 Å². The van der Waals surface area contributed by atoms with Gasteiger partial charge in [0, 0.05) is 3.92 Å². The second-order valence-corrected chi connectivity index (χ2v) is 7.60. The van der Waals surface area contributed by atoms with Crippen LogP contribution in [0.1, 0.15) is 85.5 Å². The summed E-state index contributed by atoms with van der Waals surface area (Å²) in [5, 5.41) is 0. The molecule has 0 aliphatic carbocycles. The Kier molecular flexibility index (Phi) is 10.2. The third-order valence-electron chi connectivity index (χ3n) is 3.25. The van der Waals surface area contributed by atoms with Crippen LogP contribution < -0.4 is 0 Å². The zero-order valence-electron chi connectivity index (χ0n) is 11.8. The maximum atomic E-state index is 2.63. The Bertz CT molecular complexity index is 146. The first-order valence-electron chi connectivity index (χ1n) is 7.12. The maximum Gasteiger partial charge on any atom is 0.0158 e. The van der Waals surface area contributed by atoms with Gasteiger partial charge >= 0.3 is 0 Å². The van der Waals surface area contributed by atoms with Crippen LogP contribution in [-0.4, -0.2) is 3.92 Å². The van der Waals surface area contributed by atoms with Crippen LogP contribution in [0.25, 0.3) is 0 Å². The topological polar surface area (TPSA) is 0 Å². The molecular formula is C15H31I. The predicted octanol–water partition coefficient (Wildman–Crippen LogP) is 6.37. The monoisotopic (exact) mass is 338 g/mol. The molecule has 0 N–H and O–H groups in total. The normalized spacial score (nSPS) is 14.1. The van der Waals surface area contributed by atoms with Crippen LogP contribution in [-0.2, 0) is 0 Å².